The van der Waals surface area contributed by atoms with E-state index < -0.39 is 11.2 Å². The molecule has 1 N–H and O–H groups in total. The maximum Gasteiger partial charge on any atom is 0.257 e. The van der Waals surface area contributed by atoms with Gasteiger partial charge in [0, 0.05) is 19.2 Å². The summed E-state index contributed by atoms with van der Waals surface area (Å²) in [6.45, 7) is 8.82. The van der Waals surface area contributed by atoms with Gasteiger partial charge < -0.3 is 19.5 Å². The zero-order valence-electron chi connectivity index (χ0n) is 13.3. The van der Waals surface area contributed by atoms with E-state index in [0.717, 1.165) is 0 Å². The first kappa shape index (κ1) is 15.6. The lowest BCUT2D eigenvalue weighted by Crippen LogP contribution is -2.58. The highest BCUT2D eigenvalue weighted by molar-refractivity contribution is 5.97. The van der Waals surface area contributed by atoms with Crippen molar-refractivity contribution in [2.75, 3.05) is 20.2 Å². The molecule has 1 aromatic carbocycles. The molecule has 116 valence electrons. The number of carbonyl (C=O) groups is 1. The van der Waals surface area contributed by atoms with E-state index in [2.05, 4.69) is 0 Å². The van der Waals surface area contributed by atoms with Gasteiger partial charge in [-0.05, 0) is 39.8 Å². The summed E-state index contributed by atoms with van der Waals surface area (Å²) in [7, 11) is 1.52. The standard InChI is InChI=1S/C16H23NO4/c1-15(2)9-17(10-16(3,4)21-15)14(19)12-7-6-11(20-5)8-13(12)18/h6-8,18H,9-10H2,1-5H3. The van der Waals surface area contributed by atoms with Crippen molar-refractivity contribution in [1.29, 1.82) is 0 Å². The maximum absolute atomic E-state index is 12.7. The number of rotatable bonds is 2. The molecule has 5 nitrogen and oxygen atoms in total. The summed E-state index contributed by atoms with van der Waals surface area (Å²) in [5.41, 5.74) is -0.553. The Labute approximate surface area is 125 Å². The van der Waals surface area contributed by atoms with Gasteiger partial charge in [0.2, 0.25) is 0 Å². The zero-order chi connectivity index (χ0) is 15.8. The van der Waals surface area contributed by atoms with Gasteiger partial charge >= 0.3 is 0 Å². The summed E-state index contributed by atoms with van der Waals surface area (Å²) in [4.78, 5) is 14.4. The Bertz CT molecular complexity index is 535. The van der Waals surface area contributed by atoms with Gasteiger partial charge in [0.1, 0.15) is 11.5 Å². The van der Waals surface area contributed by atoms with Gasteiger partial charge in [-0.1, -0.05) is 0 Å². The number of hydrogen-bond donors (Lipinski definition) is 1. The molecule has 21 heavy (non-hydrogen) atoms. The smallest absolute Gasteiger partial charge is 0.257 e. The monoisotopic (exact) mass is 293 g/mol. The molecule has 0 unspecified atom stereocenters. The fourth-order valence-corrected chi connectivity index (χ4v) is 2.92. The lowest BCUT2D eigenvalue weighted by molar-refractivity contribution is -0.171. The number of phenolic OH excluding ortho intramolecular Hbond substituents is 1. The van der Waals surface area contributed by atoms with Crippen LogP contribution in [0.25, 0.3) is 0 Å². The Hall–Kier alpha value is -1.75. The highest BCUT2D eigenvalue weighted by Crippen LogP contribution is 2.31. The number of hydrogen-bond acceptors (Lipinski definition) is 4. The number of amides is 1. The second kappa shape index (κ2) is 5.22. The lowest BCUT2D eigenvalue weighted by atomic mass is 9.98. The van der Waals surface area contributed by atoms with Gasteiger partial charge in [-0.3, -0.25) is 4.79 Å². The summed E-state index contributed by atoms with van der Waals surface area (Å²) in [5.74, 6) is 0.257. The molecular weight excluding hydrogens is 270 g/mol. The minimum Gasteiger partial charge on any atom is -0.507 e. The molecule has 1 aliphatic heterocycles. The molecule has 0 radical (unpaired) electrons. The van der Waals surface area contributed by atoms with Crippen LogP contribution in [0.2, 0.25) is 0 Å². The van der Waals surface area contributed by atoms with Crippen LogP contribution in [0.5, 0.6) is 11.5 Å². The number of phenols is 1. The van der Waals surface area contributed by atoms with E-state index in [1.807, 2.05) is 27.7 Å². The van der Waals surface area contributed by atoms with Crippen LogP contribution < -0.4 is 4.74 Å². The predicted molar refractivity (Wildman–Crippen MR) is 79.8 cm³/mol. The maximum atomic E-state index is 12.7. The highest BCUT2D eigenvalue weighted by atomic mass is 16.5. The summed E-state index contributed by atoms with van der Waals surface area (Å²) >= 11 is 0. The van der Waals surface area contributed by atoms with Crippen LogP contribution in [0.3, 0.4) is 0 Å². The quantitative estimate of drug-likeness (QED) is 0.910. The first-order chi connectivity index (χ1) is 9.63. The molecule has 0 bridgehead atoms. The second-order valence-corrected chi connectivity index (χ2v) is 6.67. The SMILES string of the molecule is COc1ccc(C(=O)N2CC(C)(C)OC(C)(C)C2)c(O)c1. The fraction of sp³-hybridized carbons (Fsp3) is 0.562. The van der Waals surface area contributed by atoms with Crippen LogP contribution >= 0.6 is 0 Å². The van der Waals surface area contributed by atoms with Gasteiger partial charge in [-0.15, -0.1) is 0 Å². The summed E-state index contributed by atoms with van der Waals surface area (Å²) < 4.78 is 11.0. The number of methoxy groups -OCH3 is 1. The third-order valence-corrected chi connectivity index (χ3v) is 3.42. The molecule has 2 rings (SSSR count). The van der Waals surface area contributed by atoms with E-state index in [4.69, 9.17) is 9.47 Å². The van der Waals surface area contributed by atoms with Crippen molar-refractivity contribution in [3.05, 3.63) is 23.8 Å². The van der Waals surface area contributed by atoms with Crippen LogP contribution in [0.1, 0.15) is 38.1 Å². The van der Waals surface area contributed by atoms with Crippen LogP contribution in [0.4, 0.5) is 0 Å². The summed E-state index contributed by atoms with van der Waals surface area (Å²) in [5, 5.41) is 10.0. The number of aromatic hydroxyl groups is 1. The first-order valence-electron chi connectivity index (χ1n) is 7.00. The van der Waals surface area contributed by atoms with Crippen molar-refractivity contribution < 1.29 is 19.4 Å². The number of nitrogens with zero attached hydrogens (tertiary/aromatic N) is 1. The second-order valence-electron chi connectivity index (χ2n) is 6.67. The topological polar surface area (TPSA) is 59.0 Å². The molecule has 1 amide bonds. The van der Waals surface area contributed by atoms with Gasteiger partial charge in [-0.25, -0.2) is 0 Å². The molecule has 1 aromatic rings. The molecule has 1 fully saturated rings. The van der Waals surface area contributed by atoms with Crippen molar-refractivity contribution in [1.82, 2.24) is 4.90 Å². The molecule has 0 atom stereocenters. The average Bonchev–Trinajstić information content (AvgIpc) is 2.34. The molecule has 1 heterocycles. The summed E-state index contributed by atoms with van der Waals surface area (Å²) in [6, 6.07) is 4.71. The third kappa shape index (κ3) is 3.47. The predicted octanol–water partition coefficient (Wildman–Crippen LogP) is 2.43. The molecule has 0 saturated carbocycles. The van der Waals surface area contributed by atoms with E-state index in [0.29, 0.717) is 18.8 Å². The fourth-order valence-electron chi connectivity index (χ4n) is 2.92. The minimum atomic E-state index is -0.417. The molecule has 5 heteroatoms. The van der Waals surface area contributed by atoms with E-state index >= 15 is 0 Å². The lowest BCUT2D eigenvalue weighted by Gasteiger charge is -2.47. The normalized spacial score (nSPS) is 20.1. The Kier molecular flexibility index (Phi) is 3.89. The first-order valence-corrected chi connectivity index (χ1v) is 7.00. The van der Waals surface area contributed by atoms with Crippen molar-refractivity contribution in [3.8, 4) is 11.5 Å². The van der Waals surface area contributed by atoms with Crippen molar-refractivity contribution in [2.45, 2.75) is 38.9 Å². The van der Waals surface area contributed by atoms with Gasteiger partial charge in [0.15, 0.2) is 0 Å². The van der Waals surface area contributed by atoms with Gasteiger partial charge in [-0.2, -0.15) is 0 Å². The van der Waals surface area contributed by atoms with Crippen molar-refractivity contribution in [3.63, 3.8) is 0 Å². The molecule has 0 aromatic heterocycles. The van der Waals surface area contributed by atoms with Crippen molar-refractivity contribution >= 4 is 5.91 Å². The van der Waals surface area contributed by atoms with E-state index in [-0.39, 0.29) is 17.2 Å². The van der Waals surface area contributed by atoms with Gasteiger partial charge in [0.05, 0.1) is 23.9 Å². The average molecular weight is 293 g/mol. The van der Waals surface area contributed by atoms with Crippen LogP contribution in [0, 0.1) is 0 Å². The Morgan fingerprint density at radius 1 is 1.24 bits per heavy atom. The number of carbonyl (C=O) groups excluding carboxylic acids is 1. The van der Waals surface area contributed by atoms with E-state index in [9.17, 15) is 9.90 Å². The minimum absolute atomic E-state index is 0.0681. The van der Waals surface area contributed by atoms with Gasteiger partial charge in [0.25, 0.3) is 5.91 Å². The highest BCUT2D eigenvalue weighted by Gasteiger charge is 2.40. The molecule has 1 saturated heterocycles. The zero-order valence-corrected chi connectivity index (χ0v) is 13.3. The van der Waals surface area contributed by atoms with E-state index in [1.165, 1.54) is 13.2 Å². The number of morpholine rings is 1. The molecule has 1 aliphatic rings. The van der Waals surface area contributed by atoms with Crippen LogP contribution in [-0.2, 0) is 4.74 Å². The van der Waals surface area contributed by atoms with E-state index in [1.54, 1.807) is 17.0 Å². The summed E-state index contributed by atoms with van der Waals surface area (Å²) in [6.07, 6.45) is 0. The number of benzene rings is 1. The number of ether oxygens (including phenoxy) is 2. The van der Waals surface area contributed by atoms with Crippen molar-refractivity contribution in [2.24, 2.45) is 0 Å². The Balaban J connectivity index is 2.27. The molecule has 0 spiro atoms. The largest absolute Gasteiger partial charge is 0.507 e. The van der Waals surface area contributed by atoms with Crippen LogP contribution in [-0.4, -0.2) is 47.3 Å². The molecule has 0 aliphatic carbocycles. The Morgan fingerprint density at radius 3 is 2.29 bits per heavy atom. The third-order valence-electron chi connectivity index (χ3n) is 3.42. The van der Waals surface area contributed by atoms with Crippen LogP contribution in [0.15, 0.2) is 18.2 Å². The molecular formula is C16H23NO4. The Morgan fingerprint density at radius 2 is 1.81 bits per heavy atom.